The van der Waals surface area contributed by atoms with Crippen LogP contribution in [0.2, 0.25) is 0 Å². The smallest absolute Gasteiger partial charge is 0.343 e. The highest BCUT2D eigenvalue weighted by Crippen LogP contribution is 2.33. The molecule has 0 aliphatic heterocycles. The van der Waals surface area contributed by atoms with Crippen LogP contribution in [0.5, 0.6) is 5.75 Å². The number of nitrogens with zero attached hydrogens (tertiary/aromatic N) is 2. The first-order valence-corrected chi connectivity index (χ1v) is 15.0. The lowest BCUT2D eigenvalue weighted by atomic mass is 9.79. The molecule has 0 aromatic heterocycles. The predicted octanol–water partition coefficient (Wildman–Crippen LogP) is 9.26. The van der Waals surface area contributed by atoms with Gasteiger partial charge in [-0.2, -0.15) is 10.5 Å². The summed E-state index contributed by atoms with van der Waals surface area (Å²) in [5.41, 5.74) is 2.88. The van der Waals surface area contributed by atoms with Gasteiger partial charge in [-0.1, -0.05) is 82.7 Å². The van der Waals surface area contributed by atoms with Crippen LogP contribution >= 0.6 is 0 Å². The minimum atomic E-state index is -0.522. The van der Waals surface area contributed by atoms with E-state index in [1.165, 1.54) is 56.9 Å². The van der Waals surface area contributed by atoms with Crippen molar-refractivity contribution < 1.29 is 9.53 Å². The van der Waals surface area contributed by atoms with Gasteiger partial charge in [0.15, 0.2) is 0 Å². The number of unbranched alkanes of at least 4 members (excludes halogenated alkanes) is 4. The fourth-order valence-electron chi connectivity index (χ4n) is 5.58. The summed E-state index contributed by atoms with van der Waals surface area (Å²) < 4.78 is 5.56. The number of allylic oxidation sites excluding steroid dienone is 2. The Morgan fingerprint density at radius 2 is 1.56 bits per heavy atom. The van der Waals surface area contributed by atoms with Crippen LogP contribution in [0.4, 0.5) is 0 Å². The Hall–Kier alpha value is -3.37. The molecule has 0 heterocycles. The molecule has 0 saturated heterocycles. The van der Waals surface area contributed by atoms with Crippen molar-refractivity contribution in [1.29, 1.82) is 10.5 Å². The second-order valence-corrected chi connectivity index (χ2v) is 11.0. The van der Waals surface area contributed by atoms with E-state index in [1.807, 2.05) is 12.1 Å². The van der Waals surface area contributed by atoms with E-state index in [0.29, 0.717) is 11.1 Å². The molecule has 4 nitrogen and oxygen atoms in total. The van der Waals surface area contributed by atoms with E-state index >= 15 is 0 Å². The first-order valence-electron chi connectivity index (χ1n) is 15.0. The topological polar surface area (TPSA) is 73.9 Å². The number of nitriles is 2. The molecule has 1 saturated carbocycles. The normalized spacial score (nSPS) is 17.0. The van der Waals surface area contributed by atoms with Gasteiger partial charge >= 0.3 is 5.97 Å². The van der Waals surface area contributed by atoms with Crippen LogP contribution in [-0.2, 0) is 12.8 Å². The molecular formula is C35H44N2O2. The molecule has 1 aliphatic rings. The Kier molecular flexibility index (Phi) is 12.8. The van der Waals surface area contributed by atoms with Crippen LogP contribution < -0.4 is 4.74 Å². The average Bonchev–Trinajstić information content (AvgIpc) is 2.97. The summed E-state index contributed by atoms with van der Waals surface area (Å²) in [5, 5.41) is 19.3. The van der Waals surface area contributed by atoms with Crippen molar-refractivity contribution >= 4 is 5.97 Å². The van der Waals surface area contributed by atoms with Gasteiger partial charge in [-0.3, -0.25) is 0 Å². The highest BCUT2D eigenvalue weighted by molar-refractivity contribution is 5.91. The number of hydrogen-bond donors (Lipinski definition) is 0. The fourth-order valence-corrected chi connectivity index (χ4v) is 5.58. The van der Waals surface area contributed by atoms with Gasteiger partial charge in [-0.25, -0.2) is 4.79 Å². The van der Waals surface area contributed by atoms with Crippen LogP contribution in [0, 0.1) is 34.5 Å². The number of benzene rings is 2. The largest absolute Gasteiger partial charge is 0.421 e. The fraction of sp³-hybridized carbons (Fsp3) is 0.514. The second kappa shape index (κ2) is 16.6. The molecule has 0 spiro atoms. The third-order valence-electron chi connectivity index (χ3n) is 8.03. The summed E-state index contributed by atoms with van der Waals surface area (Å²) in [6, 6.07) is 15.1. The van der Waals surface area contributed by atoms with Crippen molar-refractivity contribution in [3.8, 4) is 17.9 Å². The van der Waals surface area contributed by atoms with E-state index in [9.17, 15) is 15.3 Å². The Labute approximate surface area is 235 Å². The number of aryl methyl sites for hydroxylation is 2. The average molecular weight is 525 g/mol. The summed E-state index contributed by atoms with van der Waals surface area (Å²) in [6.07, 6.45) is 21.4. The van der Waals surface area contributed by atoms with Crippen LogP contribution in [0.15, 0.2) is 48.6 Å². The van der Waals surface area contributed by atoms with E-state index in [4.69, 9.17) is 4.74 Å². The van der Waals surface area contributed by atoms with Crippen molar-refractivity contribution in [2.75, 3.05) is 0 Å². The van der Waals surface area contributed by atoms with Crippen molar-refractivity contribution in [2.24, 2.45) is 11.8 Å². The zero-order valence-corrected chi connectivity index (χ0v) is 23.9. The lowest BCUT2D eigenvalue weighted by Crippen LogP contribution is -2.13. The minimum Gasteiger partial charge on any atom is -0.421 e. The lowest BCUT2D eigenvalue weighted by molar-refractivity contribution is 0.0734. The highest BCUT2D eigenvalue weighted by atomic mass is 16.5. The number of carbonyl (C=O) groups is 1. The Balaban J connectivity index is 1.49. The molecule has 0 atom stereocenters. The number of rotatable bonds is 14. The first kappa shape index (κ1) is 30.2. The molecule has 0 radical (unpaired) electrons. The van der Waals surface area contributed by atoms with Crippen molar-refractivity contribution in [1.82, 2.24) is 0 Å². The van der Waals surface area contributed by atoms with Gasteiger partial charge < -0.3 is 4.74 Å². The number of ether oxygens (including phenoxy) is 1. The van der Waals surface area contributed by atoms with Crippen LogP contribution in [0.1, 0.15) is 124 Å². The predicted molar refractivity (Wildman–Crippen MR) is 158 cm³/mol. The maximum absolute atomic E-state index is 12.8. The number of carbonyl (C=O) groups excluding carboxylic acids is 1. The van der Waals surface area contributed by atoms with Crippen molar-refractivity contribution in [3.63, 3.8) is 0 Å². The molecule has 0 bridgehead atoms. The molecule has 2 aromatic carbocycles. The van der Waals surface area contributed by atoms with Gasteiger partial charge in [0.25, 0.3) is 0 Å². The second-order valence-electron chi connectivity index (χ2n) is 11.0. The molecule has 0 N–H and O–H groups in total. The minimum absolute atomic E-state index is 0.133. The molecule has 0 amide bonds. The zero-order chi connectivity index (χ0) is 27.9. The van der Waals surface area contributed by atoms with Gasteiger partial charge in [0.2, 0.25) is 0 Å². The highest BCUT2D eigenvalue weighted by Gasteiger charge is 2.19. The first-order chi connectivity index (χ1) is 19.1. The Bertz CT molecular complexity index is 1160. The van der Waals surface area contributed by atoms with Crippen molar-refractivity contribution in [3.05, 3.63) is 76.4 Å². The van der Waals surface area contributed by atoms with E-state index in [2.05, 4.69) is 38.1 Å². The summed E-state index contributed by atoms with van der Waals surface area (Å²) in [6.45, 7) is 4.40. The van der Waals surface area contributed by atoms with Crippen LogP contribution in [0.3, 0.4) is 0 Å². The molecule has 4 heteroatoms. The maximum atomic E-state index is 12.8. The lowest BCUT2D eigenvalue weighted by Gasteiger charge is -2.26. The Morgan fingerprint density at radius 1 is 0.872 bits per heavy atom. The van der Waals surface area contributed by atoms with Gasteiger partial charge in [-0.05, 0) is 92.5 Å². The van der Waals surface area contributed by atoms with E-state index in [-0.39, 0.29) is 11.3 Å². The molecule has 1 fully saturated rings. The van der Waals surface area contributed by atoms with Gasteiger partial charge in [0.1, 0.15) is 23.5 Å². The van der Waals surface area contributed by atoms with E-state index < -0.39 is 5.97 Å². The Morgan fingerprint density at radius 3 is 2.23 bits per heavy atom. The molecule has 1 aliphatic carbocycles. The molecule has 3 rings (SSSR count). The number of esters is 1. The SMILES string of the molecule is CCCCCc1ccc(OC(=O)c2ccc(CC/C=C/C3CCC(CCCCC)CC3)cc2)c(C#N)c1C#N. The number of hydrogen-bond acceptors (Lipinski definition) is 4. The van der Waals surface area contributed by atoms with Crippen LogP contribution in [0.25, 0.3) is 0 Å². The van der Waals surface area contributed by atoms with Gasteiger partial charge in [0.05, 0.1) is 11.1 Å². The van der Waals surface area contributed by atoms with E-state index in [1.54, 1.807) is 24.3 Å². The van der Waals surface area contributed by atoms with E-state index in [0.717, 1.165) is 55.9 Å². The molecule has 39 heavy (non-hydrogen) atoms. The third kappa shape index (κ3) is 9.40. The molecule has 0 unspecified atom stereocenters. The summed E-state index contributed by atoms with van der Waals surface area (Å²) in [4.78, 5) is 12.8. The monoisotopic (exact) mass is 524 g/mol. The van der Waals surface area contributed by atoms with Gasteiger partial charge in [0, 0.05) is 0 Å². The molecule has 206 valence electrons. The van der Waals surface area contributed by atoms with Crippen molar-refractivity contribution in [2.45, 2.75) is 104 Å². The zero-order valence-electron chi connectivity index (χ0n) is 23.9. The maximum Gasteiger partial charge on any atom is 0.343 e. The summed E-state index contributed by atoms with van der Waals surface area (Å²) in [7, 11) is 0. The molecular weight excluding hydrogens is 480 g/mol. The molecule has 2 aromatic rings. The summed E-state index contributed by atoms with van der Waals surface area (Å²) in [5.74, 6) is 1.30. The standard InChI is InChI=1S/C35H44N2O2/c1-3-5-7-11-27-15-17-28(18-16-27)12-9-10-13-29-19-21-31(22-20-29)35(38)39-34-24-23-30(14-8-6-4-2)32(25-36)33(34)26-37/h9,12,19-24,27-28H,3-8,10-11,13-18H2,1-2H3/b12-9+. The third-order valence-corrected chi connectivity index (χ3v) is 8.03. The summed E-state index contributed by atoms with van der Waals surface area (Å²) >= 11 is 0. The quantitative estimate of drug-likeness (QED) is 0.107. The van der Waals surface area contributed by atoms with Crippen LogP contribution in [-0.4, -0.2) is 5.97 Å². The van der Waals surface area contributed by atoms with Gasteiger partial charge in [-0.15, -0.1) is 0 Å².